The predicted molar refractivity (Wildman–Crippen MR) is 78.3 cm³/mol. The van der Waals surface area contributed by atoms with Gasteiger partial charge in [-0.05, 0) is 53.6 Å². The van der Waals surface area contributed by atoms with Crippen LogP contribution in [0.1, 0.15) is 26.2 Å². The van der Waals surface area contributed by atoms with Crippen LogP contribution in [0.5, 0.6) is 0 Å². The smallest absolute Gasteiger partial charge is 0.305 e. The molecule has 0 saturated heterocycles. The van der Waals surface area contributed by atoms with Crippen molar-refractivity contribution >= 4 is 40.2 Å². The minimum absolute atomic E-state index is 0.0284. The van der Waals surface area contributed by atoms with Gasteiger partial charge in [-0.3, -0.25) is 9.69 Å². The van der Waals surface area contributed by atoms with Crippen molar-refractivity contribution in [1.29, 1.82) is 0 Å². The Kier molecular flexibility index (Phi) is 4.38. The summed E-state index contributed by atoms with van der Waals surface area (Å²) in [6.45, 7) is 1.70. The number of hydrogen-bond donors (Lipinski definition) is 1. The average Bonchev–Trinajstić information content (AvgIpc) is 3.17. The average molecular weight is 376 g/mol. The fourth-order valence-corrected chi connectivity index (χ4v) is 2.21. The highest BCUT2D eigenvalue weighted by atomic mass is 127. The Labute approximate surface area is 124 Å². The third kappa shape index (κ3) is 3.43. The van der Waals surface area contributed by atoms with E-state index in [1.165, 1.54) is 17.0 Å². The van der Waals surface area contributed by atoms with E-state index in [-0.39, 0.29) is 24.1 Å². The number of urea groups is 1. The normalized spacial score (nSPS) is 14.1. The first kappa shape index (κ1) is 14.2. The van der Waals surface area contributed by atoms with E-state index in [4.69, 9.17) is 0 Å². The van der Waals surface area contributed by atoms with E-state index in [2.05, 4.69) is 5.32 Å². The molecule has 0 radical (unpaired) electrons. The van der Waals surface area contributed by atoms with Crippen LogP contribution >= 0.6 is 22.6 Å². The molecule has 1 aromatic rings. The van der Waals surface area contributed by atoms with E-state index in [0.29, 0.717) is 0 Å². The quantitative estimate of drug-likeness (QED) is 0.823. The SMILES string of the molecule is CCC(=O)N(C(=O)Nc1ccc(I)cc1F)C1CC1. The number of rotatable bonds is 3. The van der Waals surface area contributed by atoms with Gasteiger partial charge in [-0.15, -0.1) is 0 Å². The van der Waals surface area contributed by atoms with Crippen molar-refractivity contribution < 1.29 is 14.0 Å². The van der Waals surface area contributed by atoms with Crippen LogP contribution < -0.4 is 5.32 Å². The molecule has 19 heavy (non-hydrogen) atoms. The van der Waals surface area contributed by atoms with Gasteiger partial charge in [0.2, 0.25) is 5.91 Å². The summed E-state index contributed by atoms with van der Waals surface area (Å²) < 4.78 is 14.4. The highest BCUT2D eigenvalue weighted by Gasteiger charge is 2.36. The number of carbonyl (C=O) groups excluding carboxylic acids is 2. The number of nitrogens with one attached hydrogen (secondary N) is 1. The molecule has 1 aliphatic rings. The van der Waals surface area contributed by atoms with Gasteiger partial charge in [-0.1, -0.05) is 6.92 Å². The molecule has 1 N–H and O–H groups in total. The summed E-state index contributed by atoms with van der Waals surface area (Å²) >= 11 is 1.99. The first-order valence-corrected chi connectivity index (χ1v) is 7.19. The van der Waals surface area contributed by atoms with Crippen molar-refractivity contribution in [2.75, 3.05) is 5.32 Å². The summed E-state index contributed by atoms with van der Waals surface area (Å²) in [5.41, 5.74) is 0.0972. The maximum Gasteiger partial charge on any atom is 0.328 e. The number of hydrogen-bond acceptors (Lipinski definition) is 2. The van der Waals surface area contributed by atoms with E-state index in [1.807, 2.05) is 22.6 Å². The molecule has 3 amide bonds. The number of nitrogens with zero attached hydrogens (tertiary/aromatic N) is 1. The molecular formula is C13H14FIN2O2. The zero-order valence-corrected chi connectivity index (χ0v) is 12.6. The lowest BCUT2D eigenvalue weighted by Gasteiger charge is -2.20. The Balaban J connectivity index is 2.12. The zero-order valence-electron chi connectivity index (χ0n) is 10.5. The highest BCUT2D eigenvalue weighted by molar-refractivity contribution is 14.1. The van der Waals surface area contributed by atoms with E-state index in [1.54, 1.807) is 13.0 Å². The van der Waals surface area contributed by atoms with Crippen LogP contribution in [0, 0.1) is 9.39 Å². The molecule has 0 bridgehead atoms. The molecule has 0 aromatic heterocycles. The van der Waals surface area contributed by atoms with Gasteiger partial charge in [-0.25, -0.2) is 9.18 Å². The second kappa shape index (κ2) is 5.85. The Morgan fingerprint density at radius 3 is 2.68 bits per heavy atom. The molecule has 0 spiro atoms. The van der Waals surface area contributed by atoms with E-state index >= 15 is 0 Å². The minimum atomic E-state index is -0.547. The van der Waals surface area contributed by atoms with Gasteiger partial charge < -0.3 is 5.32 Å². The van der Waals surface area contributed by atoms with Gasteiger partial charge in [0.05, 0.1) is 5.69 Å². The number of anilines is 1. The Morgan fingerprint density at radius 2 is 2.16 bits per heavy atom. The number of benzene rings is 1. The second-order valence-electron chi connectivity index (χ2n) is 4.40. The molecular weight excluding hydrogens is 362 g/mol. The van der Waals surface area contributed by atoms with Gasteiger partial charge >= 0.3 is 6.03 Å². The minimum Gasteiger partial charge on any atom is -0.305 e. The molecule has 1 saturated carbocycles. The summed E-state index contributed by atoms with van der Waals surface area (Å²) in [5, 5.41) is 2.46. The molecule has 1 aliphatic carbocycles. The monoisotopic (exact) mass is 376 g/mol. The van der Waals surface area contributed by atoms with Gasteiger partial charge in [0.15, 0.2) is 0 Å². The molecule has 1 aromatic carbocycles. The van der Waals surface area contributed by atoms with Crippen molar-refractivity contribution in [3.63, 3.8) is 0 Å². The van der Waals surface area contributed by atoms with Crippen LogP contribution in [-0.4, -0.2) is 22.9 Å². The maximum atomic E-state index is 13.7. The van der Waals surface area contributed by atoms with Crippen molar-refractivity contribution in [3.05, 3.63) is 27.6 Å². The van der Waals surface area contributed by atoms with E-state index < -0.39 is 11.8 Å². The van der Waals surface area contributed by atoms with Gasteiger partial charge in [0.1, 0.15) is 5.82 Å². The zero-order chi connectivity index (χ0) is 14.0. The third-order valence-corrected chi connectivity index (χ3v) is 3.55. The van der Waals surface area contributed by atoms with Crippen molar-refractivity contribution in [2.24, 2.45) is 0 Å². The van der Waals surface area contributed by atoms with Crippen LogP contribution in [-0.2, 0) is 4.79 Å². The fraction of sp³-hybridized carbons (Fsp3) is 0.385. The predicted octanol–water partition coefficient (Wildman–Crippen LogP) is 3.36. The first-order valence-electron chi connectivity index (χ1n) is 6.11. The van der Waals surface area contributed by atoms with Crippen LogP contribution in [0.15, 0.2) is 18.2 Å². The molecule has 6 heteroatoms. The van der Waals surface area contributed by atoms with Gasteiger partial charge in [0, 0.05) is 16.0 Å². The molecule has 0 atom stereocenters. The number of amides is 3. The molecule has 102 valence electrons. The second-order valence-corrected chi connectivity index (χ2v) is 5.65. The third-order valence-electron chi connectivity index (χ3n) is 2.87. The van der Waals surface area contributed by atoms with Crippen molar-refractivity contribution in [3.8, 4) is 0 Å². The summed E-state index contributed by atoms with van der Waals surface area (Å²) in [5.74, 6) is -0.731. The number of halogens is 2. The summed E-state index contributed by atoms with van der Waals surface area (Å²) in [4.78, 5) is 25.0. The molecule has 2 rings (SSSR count). The highest BCUT2D eigenvalue weighted by Crippen LogP contribution is 2.28. The lowest BCUT2D eigenvalue weighted by Crippen LogP contribution is -2.41. The van der Waals surface area contributed by atoms with Crippen molar-refractivity contribution in [2.45, 2.75) is 32.2 Å². The Bertz CT molecular complexity index is 517. The Morgan fingerprint density at radius 1 is 1.47 bits per heavy atom. The van der Waals surface area contributed by atoms with Crippen LogP contribution in [0.3, 0.4) is 0 Å². The number of imide groups is 1. The van der Waals surface area contributed by atoms with E-state index in [9.17, 15) is 14.0 Å². The maximum absolute atomic E-state index is 13.7. The molecule has 1 fully saturated rings. The lowest BCUT2D eigenvalue weighted by molar-refractivity contribution is -0.128. The van der Waals surface area contributed by atoms with Crippen LogP contribution in [0.2, 0.25) is 0 Å². The Hall–Kier alpha value is -1.18. The molecule has 0 aliphatic heterocycles. The van der Waals surface area contributed by atoms with Crippen LogP contribution in [0.25, 0.3) is 0 Å². The largest absolute Gasteiger partial charge is 0.328 e. The standard InChI is InChI=1S/C13H14FIN2O2/c1-2-12(18)17(9-4-5-9)13(19)16-11-6-3-8(15)7-10(11)14/h3,6-7,9H,2,4-5H2,1H3,(H,16,19). The first-order chi connectivity index (χ1) is 9.02. The summed E-state index contributed by atoms with van der Waals surface area (Å²) in [6.07, 6.45) is 1.92. The van der Waals surface area contributed by atoms with E-state index in [0.717, 1.165) is 16.4 Å². The fourth-order valence-electron chi connectivity index (χ4n) is 1.75. The van der Waals surface area contributed by atoms with Gasteiger partial charge in [0.25, 0.3) is 0 Å². The number of carbonyl (C=O) groups is 2. The topological polar surface area (TPSA) is 49.4 Å². The molecule has 0 unspecified atom stereocenters. The molecule has 0 heterocycles. The summed E-state index contributed by atoms with van der Waals surface area (Å²) in [6, 6.07) is 3.95. The van der Waals surface area contributed by atoms with Crippen LogP contribution in [0.4, 0.5) is 14.9 Å². The van der Waals surface area contributed by atoms with Crippen molar-refractivity contribution in [1.82, 2.24) is 4.90 Å². The van der Waals surface area contributed by atoms with Gasteiger partial charge in [-0.2, -0.15) is 0 Å². The molecule has 4 nitrogen and oxygen atoms in total. The lowest BCUT2D eigenvalue weighted by atomic mass is 10.3. The summed E-state index contributed by atoms with van der Waals surface area (Å²) in [7, 11) is 0.